The summed E-state index contributed by atoms with van der Waals surface area (Å²) in [5, 5.41) is 38.6. The summed E-state index contributed by atoms with van der Waals surface area (Å²) < 4.78 is 5.05. The number of carboxylic acids is 2. The largest absolute Gasteiger partial charge is 0.508 e. The summed E-state index contributed by atoms with van der Waals surface area (Å²) in [5.74, 6) is -5.52. The van der Waals surface area contributed by atoms with E-state index < -0.39 is 35.6 Å². The van der Waals surface area contributed by atoms with Gasteiger partial charge in [0.05, 0.1) is 18.9 Å². The van der Waals surface area contributed by atoms with Gasteiger partial charge in [0.25, 0.3) is 0 Å². The van der Waals surface area contributed by atoms with Crippen LogP contribution in [0.1, 0.15) is 23.0 Å². The maximum atomic E-state index is 11.9. The number of aromatic hydroxyl groups is 2. The Morgan fingerprint density at radius 1 is 0.846 bits per heavy atom. The number of phenolic OH excluding ortho intramolecular Hbond substituents is 2. The second-order valence-electron chi connectivity index (χ2n) is 6.30. The van der Waals surface area contributed by atoms with Crippen molar-refractivity contribution < 1.29 is 34.8 Å². The Bertz CT molecular complexity index is 821. The number of benzene rings is 2. The minimum Gasteiger partial charge on any atom is -0.508 e. The average molecular weight is 358 g/mol. The molecule has 3 rings (SSSR count). The fourth-order valence-electron chi connectivity index (χ4n) is 3.79. The van der Waals surface area contributed by atoms with Gasteiger partial charge in [-0.05, 0) is 35.4 Å². The molecule has 7 heteroatoms. The van der Waals surface area contributed by atoms with E-state index in [1.165, 1.54) is 37.4 Å². The van der Waals surface area contributed by atoms with E-state index >= 15 is 0 Å². The van der Waals surface area contributed by atoms with Crippen LogP contribution in [0.4, 0.5) is 0 Å². The zero-order valence-electron chi connectivity index (χ0n) is 13.9. The summed E-state index contributed by atoms with van der Waals surface area (Å²) in [4.78, 5) is 23.8. The molecule has 0 heterocycles. The van der Waals surface area contributed by atoms with Crippen molar-refractivity contribution in [1.29, 1.82) is 0 Å². The summed E-state index contributed by atoms with van der Waals surface area (Å²) in [7, 11) is 1.36. The van der Waals surface area contributed by atoms with Crippen molar-refractivity contribution in [3.05, 3.63) is 53.6 Å². The Hall–Kier alpha value is -3.22. The van der Waals surface area contributed by atoms with Crippen LogP contribution in [0.3, 0.4) is 0 Å². The third-order valence-electron chi connectivity index (χ3n) is 4.98. The summed E-state index contributed by atoms with van der Waals surface area (Å²) in [6.45, 7) is 0. The molecule has 1 saturated carbocycles. The first-order valence-electron chi connectivity index (χ1n) is 7.96. The molecule has 2 aromatic rings. The fourth-order valence-corrected chi connectivity index (χ4v) is 3.79. The normalized spacial score (nSPS) is 24.5. The van der Waals surface area contributed by atoms with Crippen LogP contribution in [0.2, 0.25) is 0 Å². The van der Waals surface area contributed by atoms with E-state index in [1.807, 2.05) is 0 Å². The van der Waals surface area contributed by atoms with E-state index in [2.05, 4.69) is 0 Å². The second kappa shape index (κ2) is 6.59. The van der Waals surface area contributed by atoms with Gasteiger partial charge >= 0.3 is 11.9 Å². The van der Waals surface area contributed by atoms with Crippen molar-refractivity contribution in [3.8, 4) is 17.2 Å². The predicted octanol–water partition coefficient (Wildman–Crippen LogP) is 2.39. The Kier molecular flexibility index (Phi) is 4.46. The van der Waals surface area contributed by atoms with Gasteiger partial charge in [0.2, 0.25) is 0 Å². The minimum absolute atomic E-state index is 0.0200. The lowest BCUT2D eigenvalue weighted by Crippen LogP contribution is -2.50. The first-order chi connectivity index (χ1) is 12.3. The average Bonchev–Trinajstić information content (AvgIpc) is 2.56. The standard InChI is InChI=1S/C19H18O7/c1-26-13-8-10(4-7-12(13)21)15-16(18(22)23)14(17(15)19(24)25)9-2-5-11(20)6-3-9/h2-8,14-17,20-21H,1H3,(H,22,23)(H,24,25)/t14?,15?,16-,17+. The van der Waals surface area contributed by atoms with Gasteiger partial charge < -0.3 is 25.2 Å². The predicted molar refractivity (Wildman–Crippen MR) is 90.5 cm³/mol. The molecule has 2 aromatic carbocycles. The number of carbonyl (C=O) groups is 2. The van der Waals surface area contributed by atoms with Crippen molar-refractivity contribution in [2.24, 2.45) is 11.8 Å². The van der Waals surface area contributed by atoms with Gasteiger partial charge in [0.15, 0.2) is 11.5 Å². The molecule has 4 N–H and O–H groups in total. The molecule has 7 nitrogen and oxygen atoms in total. The Morgan fingerprint density at radius 3 is 1.85 bits per heavy atom. The first-order valence-corrected chi connectivity index (χ1v) is 7.96. The van der Waals surface area contributed by atoms with Crippen LogP contribution in [0.25, 0.3) is 0 Å². The minimum atomic E-state index is -1.10. The number of hydrogen-bond donors (Lipinski definition) is 4. The zero-order valence-corrected chi connectivity index (χ0v) is 13.9. The highest BCUT2D eigenvalue weighted by Gasteiger charge is 2.58. The van der Waals surface area contributed by atoms with Gasteiger partial charge in [-0.15, -0.1) is 0 Å². The smallest absolute Gasteiger partial charge is 0.307 e. The quantitative estimate of drug-likeness (QED) is 0.647. The molecule has 1 aliphatic carbocycles. The van der Waals surface area contributed by atoms with Crippen molar-refractivity contribution in [2.45, 2.75) is 11.8 Å². The Balaban J connectivity index is 2.05. The lowest BCUT2D eigenvalue weighted by Gasteiger charge is -2.48. The zero-order chi connectivity index (χ0) is 19.0. The summed E-state index contributed by atoms with van der Waals surface area (Å²) in [6, 6.07) is 10.2. The van der Waals surface area contributed by atoms with Gasteiger partial charge in [-0.2, -0.15) is 0 Å². The van der Waals surface area contributed by atoms with Gasteiger partial charge in [-0.25, -0.2) is 0 Å². The summed E-state index contributed by atoms with van der Waals surface area (Å²) in [5.41, 5.74) is 1.03. The first kappa shape index (κ1) is 17.6. The maximum absolute atomic E-state index is 11.9. The van der Waals surface area contributed by atoms with Crippen LogP contribution < -0.4 is 4.74 Å². The van der Waals surface area contributed by atoms with Crippen LogP contribution >= 0.6 is 0 Å². The lowest BCUT2D eigenvalue weighted by molar-refractivity contribution is -0.159. The second-order valence-corrected chi connectivity index (χ2v) is 6.30. The van der Waals surface area contributed by atoms with Gasteiger partial charge in [-0.3, -0.25) is 9.59 Å². The van der Waals surface area contributed by atoms with E-state index in [9.17, 15) is 30.0 Å². The third-order valence-corrected chi connectivity index (χ3v) is 4.98. The molecular formula is C19H18O7. The lowest BCUT2D eigenvalue weighted by atomic mass is 9.52. The number of methoxy groups -OCH3 is 1. The van der Waals surface area contributed by atoms with Crippen LogP contribution in [0, 0.1) is 11.8 Å². The molecule has 0 radical (unpaired) electrons. The fraction of sp³-hybridized carbons (Fsp3) is 0.263. The highest BCUT2D eigenvalue weighted by Crippen LogP contribution is 2.58. The maximum Gasteiger partial charge on any atom is 0.307 e. The van der Waals surface area contributed by atoms with Crippen molar-refractivity contribution >= 4 is 11.9 Å². The Labute approximate surface area is 149 Å². The highest BCUT2D eigenvalue weighted by atomic mass is 16.5. The van der Waals surface area contributed by atoms with Crippen LogP contribution in [-0.4, -0.2) is 39.5 Å². The molecule has 0 bridgehead atoms. The number of carboxylic acid groups (broad SMARTS) is 2. The van der Waals surface area contributed by atoms with Crippen LogP contribution in [0.15, 0.2) is 42.5 Å². The van der Waals surface area contributed by atoms with E-state index in [0.717, 1.165) is 0 Å². The van der Waals surface area contributed by atoms with E-state index in [1.54, 1.807) is 12.1 Å². The number of phenols is 2. The van der Waals surface area contributed by atoms with Gasteiger partial charge in [0, 0.05) is 11.8 Å². The van der Waals surface area contributed by atoms with Crippen LogP contribution in [-0.2, 0) is 9.59 Å². The molecule has 136 valence electrons. The van der Waals surface area contributed by atoms with Crippen LogP contribution in [0.5, 0.6) is 17.2 Å². The molecule has 1 fully saturated rings. The molecule has 0 aromatic heterocycles. The third kappa shape index (κ3) is 2.81. The summed E-state index contributed by atoms with van der Waals surface area (Å²) in [6.07, 6.45) is 0. The molecule has 0 amide bonds. The van der Waals surface area contributed by atoms with E-state index in [-0.39, 0.29) is 17.2 Å². The van der Waals surface area contributed by atoms with Crippen molar-refractivity contribution in [3.63, 3.8) is 0 Å². The molecule has 1 aliphatic rings. The molecule has 0 aliphatic heterocycles. The molecule has 0 spiro atoms. The van der Waals surface area contributed by atoms with E-state index in [4.69, 9.17) is 4.74 Å². The number of ether oxygens (including phenoxy) is 1. The van der Waals surface area contributed by atoms with Gasteiger partial charge in [0.1, 0.15) is 5.75 Å². The molecule has 26 heavy (non-hydrogen) atoms. The number of hydrogen-bond acceptors (Lipinski definition) is 5. The number of rotatable bonds is 5. The monoisotopic (exact) mass is 358 g/mol. The molecule has 0 saturated heterocycles. The molecular weight excluding hydrogens is 340 g/mol. The van der Waals surface area contributed by atoms with Crippen molar-refractivity contribution in [1.82, 2.24) is 0 Å². The van der Waals surface area contributed by atoms with Crippen molar-refractivity contribution in [2.75, 3.05) is 7.11 Å². The molecule has 2 unspecified atom stereocenters. The SMILES string of the molecule is COc1cc(C2[C@H](C(=O)O)C(c3ccc(O)cc3)[C@@H]2C(=O)O)ccc1O. The Morgan fingerprint density at radius 2 is 1.35 bits per heavy atom. The molecule has 4 atom stereocenters. The highest BCUT2D eigenvalue weighted by molar-refractivity contribution is 5.83. The van der Waals surface area contributed by atoms with E-state index in [0.29, 0.717) is 11.1 Å². The van der Waals surface area contributed by atoms with Gasteiger partial charge in [-0.1, -0.05) is 18.2 Å². The summed E-state index contributed by atoms with van der Waals surface area (Å²) >= 11 is 0. The topological polar surface area (TPSA) is 124 Å². The number of aliphatic carboxylic acids is 2.